The molecule has 0 N–H and O–H groups in total. The highest BCUT2D eigenvalue weighted by molar-refractivity contribution is 9.11. The van der Waals surface area contributed by atoms with Gasteiger partial charge in [-0.1, -0.05) is 11.6 Å². The normalized spacial score (nSPS) is 10.5. The van der Waals surface area contributed by atoms with Crippen molar-refractivity contribution in [2.24, 2.45) is 0 Å². The maximum Gasteiger partial charge on any atom is 0.168 e. The summed E-state index contributed by atoms with van der Waals surface area (Å²) in [5, 5.41) is 0.0282. The van der Waals surface area contributed by atoms with Crippen LogP contribution in [-0.4, -0.2) is 5.78 Å². The Balaban J connectivity index is 2.17. The fourth-order valence-corrected chi connectivity index (χ4v) is 2.98. The molecule has 1 nitrogen and oxygen atoms in total. The second kappa shape index (κ2) is 5.29. The van der Waals surface area contributed by atoms with Gasteiger partial charge < -0.3 is 0 Å². The molecule has 0 amide bonds. The molecule has 0 radical (unpaired) electrons. The van der Waals surface area contributed by atoms with Gasteiger partial charge in [0.25, 0.3) is 0 Å². The summed E-state index contributed by atoms with van der Waals surface area (Å²) in [4.78, 5) is 12.8. The minimum Gasteiger partial charge on any atom is -0.294 e. The number of carbonyl (C=O) groups excluding carboxylic acids is 1. The van der Waals surface area contributed by atoms with Gasteiger partial charge in [0.1, 0.15) is 5.82 Å². The first-order valence-electron chi connectivity index (χ1n) is 4.79. The first-order valence-corrected chi connectivity index (χ1v) is 6.77. The van der Waals surface area contributed by atoms with Crippen LogP contribution in [0.15, 0.2) is 34.1 Å². The van der Waals surface area contributed by atoms with E-state index in [1.165, 1.54) is 29.5 Å². The van der Waals surface area contributed by atoms with Gasteiger partial charge in [-0.3, -0.25) is 4.79 Å². The van der Waals surface area contributed by atoms with Crippen molar-refractivity contribution < 1.29 is 9.18 Å². The van der Waals surface area contributed by atoms with Crippen LogP contribution < -0.4 is 0 Å². The third-order valence-electron chi connectivity index (χ3n) is 2.21. The minimum atomic E-state index is -0.565. The van der Waals surface area contributed by atoms with Gasteiger partial charge in [0.2, 0.25) is 0 Å². The van der Waals surface area contributed by atoms with Crippen molar-refractivity contribution in [1.29, 1.82) is 0 Å². The molecule has 0 saturated heterocycles. The van der Waals surface area contributed by atoms with E-state index in [1.807, 2.05) is 12.1 Å². The smallest absolute Gasteiger partial charge is 0.168 e. The SMILES string of the molecule is O=C(Cc1ccc(Br)s1)c1ccc(Cl)c(F)c1. The summed E-state index contributed by atoms with van der Waals surface area (Å²) in [6, 6.07) is 7.87. The largest absolute Gasteiger partial charge is 0.294 e. The molecule has 0 aliphatic rings. The van der Waals surface area contributed by atoms with E-state index in [-0.39, 0.29) is 17.2 Å². The lowest BCUT2D eigenvalue weighted by Gasteiger charge is -2.00. The Labute approximate surface area is 115 Å². The maximum atomic E-state index is 13.2. The molecule has 5 heteroatoms. The van der Waals surface area contributed by atoms with Crippen LogP contribution in [-0.2, 0) is 6.42 Å². The molecule has 1 aromatic heterocycles. The van der Waals surface area contributed by atoms with Crippen molar-refractivity contribution in [1.82, 2.24) is 0 Å². The van der Waals surface area contributed by atoms with Gasteiger partial charge in [0.15, 0.2) is 5.78 Å². The maximum absolute atomic E-state index is 13.2. The van der Waals surface area contributed by atoms with Crippen LogP contribution in [0, 0.1) is 5.82 Å². The lowest BCUT2D eigenvalue weighted by molar-refractivity contribution is 0.0993. The number of halogens is 3. The fourth-order valence-electron chi connectivity index (χ4n) is 1.38. The average Bonchev–Trinajstić information content (AvgIpc) is 2.68. The summed E-state index contributed by atoms with van der Waals surface area (Å²) in [6.07, 6.45) is 0.275. The van der Waals surface area contributed by atoms with Crippen LogP contribution in [0.2, 0.25) is 5.02 Å². The zero-order valence-electron chi connectivity index (χ0n) is 8.54. The standard InChI is InChI=1S/C12H7BrClFOS/c13-12-4-2-8(17-12)6-11(16)7-1-3-9(14)10(15)5-7/h1-5H,6H2. The van der Waals surface area contributed by atoms with Crippen molar-refractivity contribution in [3.05, 3.63) is 55.4 Å². The van der Waals surface area contributed by atoms with Gasteiger partial charge in [0, 0.05) is 16.9 Å². The van der Waals surface area contributed by atoms with Gasteiger partial charge in [0.05, 0.1) is 8.81 Å². The van der Waals surface area contributed by atoms with Crippen molar-refractivity contribution in [2.75, 3.05) is 0 Å². The zero-order chi connectivity index (χ0) is 12.4. The second-order valence-electron chi connectivity index (χ2n) is 3.43. The van der Waals surface area contributed by atoms with Gasteiger partial charge in [-0.15, -0.1) is 11.3 Å². The molecule has 0 fully saturated rings. The fraction of sp³-hybridized carbons (Fsp3) is 0.0833. The van der Waals surface area contributed by atoms with Crippen LogP contribution in [0.5, 0.6) is 0 Å². The second-order valence-corrected chi connectivity index (χ2v) is 6.39. The van der Waals surface area contributed by atoms with E-state index in [1.54, 1.807) is 0 Å². The molecule has 0 saturated carbocycles. The van der Waals surface area contributed by atoms with E-state index < -0.39 is 5.82 Å². The monoisotopic (exact) mass is 332 g/mol. The van der Waals surface area contributed by atoms with Crippen LogP contribution in [0.4, 0.5) is 4.39 Å². The number of thiophene rings is 1. The van der Waals surface area contributed by atoms with E-state index in [4.69, 9.17) is 11.6 Å². The highest BCUT2D eigenvalue weighted by Crippen LogP contribution is 2.24. The Kier molecular flexibility index (Phi) is 3.97. The summed E-state index contributed by atoms with van der Waals surface area (Å²) < 4.78 is 14.2. The predicted octanol–water partition coefficient (Wildman–Crippen LogP) is 4.73. The highest BCUT2D eigenvalue weighted by atomic mass is 79.9. The molecule has 2 aromatic rings. The molecular formula is C12H7BrClFOS. The number of carbonyl (C=O) groups is 1. The van der Waals surface area contributed by atoms with Crippen molar-refractivity contribution in [3.63, 3.8) is 0 Å². The van der Waals surface area contributed by atoms with E-state index >= 15 is 0 Å². The van der Waals surface area contributed by atoms with Crippen molar-refractivity contribution >= 4 is 44.7 Å². The molecule has 2 rings (SSSR count). The molecule has 0 aliphatic carbocycles. The van der Waals surface area contributed by atoms with Crippen molar-refractivity contribution in [3.8, 4) is 0 Å². The quantitative estimate of drug-likeness (QED) is 0.742. The van der Waals surface area contributed by atoms with Crippen LogP contribution >= 0.6 is 38.9 Å². The topological polar surface area (TPSA) is 17.1 Å². The molecule has 0 bridgehead atoms. The summed E-state index contributed by atoms with van der Waals surface area (Å²) in [5.74, 6) is -0.681. The summed E-state index contributed by atoms with van der Waals surface area (Å²) in [5.41, 5.74) is 0.344. The lowest BCUT2D eigenvalue weighted by atomic mass is 10.1. The molecule has 0 aliphatic heterocycles. The number of benzene rings is 1. The molecule has 88 valence electrons. The van der Waals surface area contributed by atoms with Gasteiger partial charge >= 0.3 is 0 Å². The van der Waals surface area contributed by atoms with Gasteiger partial charge in [-0.05, 0) is 46.3 Å². The molecule has 0 unspecified atom stereocenters. The Hall–Kier alpha value is -0.710. The third-order valence-corrected chi connectivity index (χ3v) is 4.14. The van der Waals surface area contributed by atoms with Gasteiger partial charge in [-0.25, -0.2) is 4.39 Å². The van der Waals surface area contributed by atoms with E-state index in [2.05, 4.69) is 15.9 Å². The molecule has 1 heterocycles. The highest BCUT2D eigenvalue weighted by Gasteiger charge is 2.11. The first kappa shape index (κ1) is 12.7. The molecular weight excluding hydrogens is 327 g/mol. The Morgan fingerprint density at radius 3 is 2.71 bits per heavy atom. The van der Waals surface area contributed by atoms with Crippen LogP contribution in [0.3, 0.4) is 0 Å². The van der Waals surface area contributed by atoms with E-state index in [0.717, 1.165) is 8.66 Å². The number of hydrogen-bond donors (Lipinski definition) is 0. The zero-order valence-corrected chi connectivity index (χ0v) is 11.7. The first-order chi connectivity index (χ1) is 8.06. The third kappa shape index (κ3) is 3.15. The molecule has 1 aromatic carbocycles. The van der Waals surface area contributed by atoms with Crippen LogP contribution in [0.1, 0.15) is 15.2 Å². The van der Waals surface area contributed by atoms with Crippen LogP contribution in [0.25, 0.3) is 0 Å². The molecule has 17 heavy (non-hydrogen) atoms. The number of rotatable bonds is 3. The Bertz CT molecular complexity index is 567. The number of ketones is 1. The predicted molar refractivity (Wildman–Crippen MR) is 71.5 cm³/mol. The molecule has 0 spiro atoms. The summed E-state index contributed by atoms with van der Waals surface area (Å²) in [7, 11) is 0. The Morgan fingerprint density at radius 1 is 1.35 bits per heavy atom. The lowest BCUT2D eigenvalue weighted by Crippen LogP contribution is -2.02. The van der Waals surface area contributed by atoms with E-state index in [9.17, 15) is 9.18 Å². The number of Topliss-reactive ketones (excluding diaryl/α,β-unsaturated/α-hetero) is 1. The molecule has 0 atom stereocenters. The van der Waals surface area contributed by atoms with E-state index in [0.29, 0.717) is 5.56 Å². The summed E-state index contributed by atoms with van der Waals surface area (Å²) in [6.45, 7) is 0. The number of hydrogen-bond acceptors (Lipinski definition) is 2. The average molecular weight is 334 g/mol. The minimum absolute atomic E-state index is 0.0282. The van der Waals surface area contributed by atoms with Gasteiger partial charge in [-0.2, -0.15) is 0 Å². The Morgan fingerprint density at radius 2 is 2.12 bits per heavy atom. The van der Waals surface area contributed by atoms with Crippen molar-refractivity contribution in [2.45, 2.75) is 6.42 Å². The summed E-state index contributed by atoms with van der Waals surface area (Å²) >= 11 is 10.4.